The summed E-state index contributed by atoms with van der Waals surface area (Å²) in [7, 11) is 0. The predicted molar refractivity (Wildman–Crippen MR) is 83.6 cm³/mol. The SMILES string of the molecule is NC(=O)c1ccc(N2CCN(c3ccccn3)CC2)c(F)c1. The fourth-order valence-corrected chi connectivity index (χ4v) is 2.63. The van der Waals surface area contributed by atoms with Gasteiger partial charge in [-0.25, -0.2) is 9.37 Å². The van der Waals surface area contributed by atoms with Crippen molar-refractivity contribution >= 4 is 17.4 Å². The van der Waals surface area contributed by atoms with E-state index in [4.69, 9.17) is 5.73 Å². The van der Waals surface area contributed by atoms with E-state index in [1.807, 2.05) is 23.1 Å². The van der Waals surface area contributed by atoms with Crippen LogP contribution < -0.4 is 15.5 Å². The maximum atomic E-state index is 14.1. The van der Waals surface area contributed by atoms with Gasteiger partial charge >= 0.3 is 0 Å². The van der Waals surface area contributed by atoms with Crippen LogP contribution in [-0.4, -0.2) is 37.1 Å². The van der Waals surface area contributed by atoms with E-state index in [2.05, 4.69) is 9.88 Å². The molecule has 0 spiro atoms. The van der Waals surface area contributed by atoms with Gasteiger partial charge in [0, 0.05) is 37.9 Å². The quantitative estimate of drug-likeness (QED) is 0.936. The number of anilines is 2. The average molecular weight is 300 g/mol. The lowest BCUT2D eigenvalue weighted by atomic mass is 10.1. The number of halogens is 1. The number of hydrogen-bond acceptors (Lipinski definition) is 4. The third-order valence-electron chi connectivity index (χ3n) is 3.83. The van der Waals surface area contributed by atoms with Gasteiger partial charge in [-0.1, -0.05) is 6.07 Å². The zero-order valence-electron chi connectivity index (χ0n) is 12.1. The zero-order chi connectivity index (χ0) is 15.5. The van der Waals surface area contributed by atoms with E-state index in [1.54, 1.807) is 18.3 Å². The molecule has 0 bridgehead atoms. The molecule has 5 nitrogen and oxygen atoms in total. The molecule has 2 N–H and O–H groups in total. The molecule has 0 unspecified atom stereocenters. The Morgan fingerprint density at radius 1 is 1.09 bits per heavy atom. The molecule has 0 aliphatic carbocycles. The number of nitrogens with two attached hydrogens (primary N) is 1. The highest BCUT2D eigenvalue weighted by atomic mass is 19.1. The van der Waals surface area contributed by atoms with Crippen molar-refractivity contribution in [3.8, 4) is 0 Å². The number of hydrogen-bond donors (Lipinski definition) is 1. The first-order valence-corrected chi connectivity index (χ1v) is 7.15. The van der Waals surface area contributed by atoms with Crippen molar-refractivity contribution in [2.24, 2.45) is 5.73 Å². The maximum Gasteiger partial charge on any atom is 0.248 e. The van der Waals surface area contributed by atoms with Crippen LogP contribution in [0.5, 0.6) is 0 Å². The summed E-state index contributed by atoms with van der Waals surface area (Å²) < 4.78 is 14.1. The number of nitrogens with zero attached hydrogens (tertiary/aromatic N) is 3. The third-order valence-corrected chi connectivity index (χ3v) is 3.83. The van der Waals surface area contributed by atoms with Crippen molar-refractivity contribution in [1.82, 2.24) is 4.98 Å². The van der Waals surface area contributed by atoms with Crippen molar-refractivity contribution in [3.63, 3.8) is 0 Å². The van der Waals surface area contributed by atoms with Gasteiger partial charge in [-0.05, 0) is 30.3 Å². The summed E-state index contributed by atoms with van der Waals surface area (Å²) in [4.78, 5) is 19.5. The molecule has 1 aromatic heterocycles. The molecule has 6 heteroatoms. The van der Waals surface area contributed by atoms with E-state index < -0.39 is 11.7 Å². The minimum atomic E-state index is -0.620. The average Bonchev–Trinajstić information content (AvgIpc) is 2.56. The van der Waals surface area contributed by atoms with E-state index >= 15 is 0 Å². The topological polar surface area (TPSA) is 62.5 Å². The highest BCUT2D eigenvalue weighted by Crippen LogP contribution is 2.23. The molecule has 1 amide bonds. The van der Waals surface area contributed by atoms with Crippen molar-refractivity contribution in [2.45, 2.75) is 0 Å². The largest absolute Gasteiger partial charge is 0.366 e. The molecule has 1 fully saturated rings. The summed E-state index contributed by atoms with van der Waals surface area (Å²) in [5.74, 6) is -0.0975. The monoisotopic (exact) mass is 300 g/mol. The van der Waals surface area contributed by atoms with E-state index in [0.717, 1.165) is 18.9 Å². The van der Waals surface area contributed by atoms with Gasteiger partial charge in [0.1, 0.15) is 11.6 Å². The molecule has 0 saturated carbocycles. The molecule has 1 aliphatic rings. The Balaban J connectivity index is 1.70. The van der Waals surface area contributed by atoms with Crippen molar-refractivity contribution < 1.29 is 9.18 Å². The number of pyridine rings is 1. The summed E-state index contributed by atoms with van der Waals surface area (Å²) in [6.45, 7) is 2.94. The Kier molecular flexibility index (Phi) is 3.91. The van der Waals surface area contributed by atoms with Crippen LogP contribution in [0.3, 0.4) is 0 Å². The van der Waals surface area contributed by atoms with Crippen molar-refractivity contribution in [3.05, 3.63) is 54.0 Å². The van der Waals surface area contributed by atoms with Crippen LogP contribution in [0.25, 0.3) is 0 Å². The Labute approximate surface area is 128 Å². The Morgan fingerprint density at radius 2 is 1.82 bits per heavy atom. The molecule has 3 rings (SSSR count). The number of piperazine rings is 1. The highest BCUT2D eigenvalue weighted by Gasteiger charge is 2.20. The normalized spacial score (nSPS) is 15.0. The van der Waals surface area contributed by atoms with Gasteiger partial charge in [-0.15, -0.1) is 0 Å². The van der Waals surface area contributed by atoms with Gasteiger partial charge in [0.25, 0.3) is 0 Å². The summed E-state index contributed by atoms with van der Waals surface area (Å²) in [5.41, 5.74) is 5.85. The van der Waals surface area contributed by atoms with Crippen LogP contribution in [0, 0.1) is 5.82 Å². The van der Waals surface area contributed by atoms with Gasteiger partial charge in [-0.3, -0.25) is 4.79 Å². The first-order chi connectivity index (χ1) is 10.6. The van der Waals surface area contributed by atoms with Gasteiger partial charge in [0.15, 0.2) is 0 Å². The third kappa shape index (κ3) is 2.86. The standard InChI is InChI=1S/C16H17FN4O/c17-13-11-12(16(18)22)4-5-14(13)20-7-9-21(10-8-20)15-3-1-2-6-19-15/h1-6,11H,7-10H2,(H2,18,22). The molecule has 2 aromatic rings. The second-order valence-corrected chi connectivity index (χ2v) is 5.19. The Morgan fingerprint density at radius 3 is 2.41 bits per heavy atom. The van der Waals surface area contributed by atoms with Crippen LogP contribution in [0.4, 0.5) is 15.9 Å². The van der Waals surface area contributed by atoms with Crippen LogP contribution >= 0.6 is 0 Å². The van der Waals surface area contributed by atoms with Gasteiger partial charge in [-0.2, -0.15) is 0 Å². The van der Waals surface area contributed by atoms with Crippen LogP contribution in [-0.2, 0) is 0 Å². The van der Waals surface area contributed by atoms with Gasteiger partial charge in [0.05, 0.1) is 5.69 Å². The van der Waals surface area contributed by atoms with Gasteiger partial charge in [0.2, 0.25) is 5.91 Å². The molecule has 0 atom stereocenters. The number of carbonyl (C=O) groups is 1. The minimum Gasteiger partial charge on any atom is -0.366 e. The number of rotatable bonds is 3. The first-order valence-electron chi connectivity index (χ1n) is 7.15. The molecule has 22 heavy (non-hydrogen) atoms. The Hall–Kier alpha value is -2.63. The number of carbonyl (C=O) groups excluding carboxylic acids is 1. The highest BCUT2D eigenvalue weighted by molar-refractivity contribution is 5.93. The fourth-order valence-electron chi connectivity index (χ4n) is 2.63. The lowest BCUT2D eigenvalue weighted by Crippen LogP contribution is -2.47. The van der Waals surface area contributed by atoms with E-state index in [9.17, 15) is 9.18 Å². The van der Waals surface area contributed by atoms with Crippen LogP contribution in [0.15, 0.2) is 42.6 Å². The van der Waals surface area contributed by atoms with E-state index in [0.29, 0.717) is 18.8 Å². The molecular formula is C16H17FN4O. The van der Waals surface area contributed by atoms with Crippen LogP contribution in [0.1, 0.15) is 10.4 Å². The lowest BCUT2D eigenvalue weighted by molar-refractivity contribution is 0.1000. The van der Waals surface area contributed by atoms with E-state index in [1.165, 1.54) is 6.07 Å². The zero-order valence-corrected chi connectivity index (χ0v) is 12.1. The summed E-state index contributed by atoms with van der Waals surface area (Å²) in [6.07, 6.45) is 1.77. The fraction of sp³-hybridized carbons (Fsp3) is 0.250. The summed E-state index contributed by atoms with van der Waals surface area (Å²) in [5, 5.41) is 0. The molecule has 0 radical (unpaired) electrons. The molecular weight excluding hydrogens is 283 g/mol. The number of primary amides is 1. The Bertz CT molecular complexity index is 669. The smallest absolute Gasteiger partial charge is 0.248 e. The predicted octanol–water partition coefficient (Wildman–Crippen LogP) is 1.65. The van der Waals surface area contributed by atoms with Crippen LogP contribution in [0.2, 0.25) is 0 Å². The number of amides is 1. The molecule has 114 valence electrons. The number of aromatic nitrogens is 1. The molecule has 2 heterocycles. The number of benzene rings is 1. The lowest BCUT2D eigenvalue weighted by Gasteiger charge is -2.36. The molecule has 1 aromatic carbocycles. The summed E-state index contributed by atoms with van der Waals surface area (Å²) >= 11 is 0. The maximum absolute atomic E-state index is 14.1. The molecule has 1 saturated heterocycles. The van der Waals surface area contributed by atoms with E-state index in [-0.39, 0.29) is 5.56 Å². The second-order valence-electron chi connectivity index (χ2n) is 5.19. The first kappa shape index (κ1) is 14.3. The summed E-state index contributed by atoms with van der Waals surface area (Å²) in [6, 6.07) is 10.2. The van der Waals surface area contributed by atoms with Crippen molar-refractivity contribution in [2.75, 3.05) is 36.0 Å². The minimum absolute atomic E-state index is 0.188. The van der Waals surface area contributed by atoms with Gasteiger partial charge < -0.3 is 15.5 Å². The molecule has 1 aliphatic heterocycles. The second kappa shape index (κ2) is 6.01. The van der Waals surface area contributed by atoms with Crippen molar-refractivity contribution in [1.29, 1.82) is 0 Å².